The van der Waals surface area contributed by atoms with E-state index in [0.717, 1.165) is 29.3 Å². The Balaban J connectivity index is 1.55. The molecule has 6 heteroatoms. The topological polar surface area (TPSA) is 66.8 Å². The molecule has 0 aromatic heterocycles. The summed E-state index contributed by atoms with van der Waals surface area (Å²) in [6.45, 7) is 2.74. The van der Waals surface area contributed by atoms with Crippen LogP contribution in [0.5, 0.6) is 5.75 Å². The summed E-state index contributed by atoms with van der Waals surface area (Å²) in [7, 11) is 1.60. The van der Waals surface area contributed by atoms with Gasteiger partial charge in [0.25, 0.3) is 11.7 Å². The molecule has 1 N–H and O–H groups in total. The first-order chi connectivity index (χ1) is 19.5. The van der Waals surface area contributed by atoms with Crippen LogP contribution in [0.3, 0.4) is 0 Å². The zero-order valence-corrected chi connectivity index (χ0v) is 25.9. The van der Waals surface area contributed by atoms with E-state index in [2.05, 4.69) is 22.9 Å². The molecule has 0 aliphatic carbocycles. The first-order valence-corrected chi connectivity index (χ1v) is 16.0. The summed E-state index contributed by atoms with van der Waals surface area (Å²) in [5.41, 5.74) is 1.43. The number of carbonyl (C=O) groups is 2. The SMILES string of the molecule is CCCCCCCCCCCCCCCCN1C(=O)C(=O)/C(=C(/O)c2ccc(Br)cc2)C1c1ccc(OC)cc1. The fraction of sp³-hybridized carbons (Fsp3) is 0.529. The molecule has 3 rings (SSSR count). The number of likely N-dealkylation sites (tertiary alicyclic amines) is 1. The number of carbonyl (C=O) groups excluding carboxylic acids is 2. The quantitative estimate of drug-likeness (QED) is 0.0789. The van der Waals surface area contributed by atoms with Gasteiger partial charge in [-0.05, 0) is 36.2 Å². The first-order valence-electron chi connectivity index (χ1n) is 15.2. The van der Waals surface area contributed by atoms with E-state index in [4.69, 9.17) is 4.74 Å². The van der Waals surface area contributed by atoms with Gasteiger partial charge in [0.05, 0.1) is 18.7 Å². The number of benzene rings is 2. The Morgan fingerprint density at radius 2 is 1.27 bits per heavy atom. The molecule has 1 aliphatic rings. The van der Waals surface area contributed by atoms with Crippen LogP contribution < -0.4 is 4.74 Å². The van der Waals surface area contributed by atoms with Crippen molar-refractivity contribution in [2.45, 2.75) is 103 Å². The predicted octanol–water partition coefficient (Wildman–Crippen LogP) is 9.36. The minimum Gasteiger partial charge on any atom is -0.507 e. The summed E-state index contributed by atoms with van der Waals surface area (Å²) >= 11 is 3.41. The molecule has 0 radical (unpaired) electrons. The van der Waals surface area contributed by atoms with Gasteiger partial charge in [-0.3, -0.25) is 9.59 Å². The number of ether oxygens (including phenoxy) is 1. The van der Waals surface area contributed by atoms with E-state index < -0.39 is 17.7 Å². The van der Waals surface area contributed by atoms with E-state index in [1.165, 1.54) is 70.6 Å². The Bertz CT molecular complexity index is 1090. The highest BCUT2D eigenvalue weighted by atomic mass is 79.9. The number of ketones is 1. The van der Waals surface area contributed by atoms with Gasteiger partial charge < -0.3 is 14.7 Å². The zero-order chi connectivity index (χ0) is 28.7. The first kappa shape index (κ1) is 31.9. The van der Waals surface area contributed by atoms with Crippen LogP contribution in [0.15, 0.2) is 58.6 Å². The normalized spacial score (nSPS) is 16.6. The number of methoxy groups -OCH3 is 1. The smallest absolute Gasteiger partial charge is 0.295 e. The molecule has 1 fully saturated rings. The lowest BCUT2D eigenvalue weighted by atomic mass is 9.95. The summed E-state index contributed by atoms with van der Waals surface area (Å²) < 4.78 is 6.17. The molecular formula is C34H46BrNO4. The number of aliphatic hydroxyl groups is 1. The Morgan fingerprint density at radius 1 is 0.775 bits per heavy atom. The monoisotopic (exact) mass is 611 g/mol. The second kappa shape index (κ2) is 17.3. The third-order valence-corrected chi connectivity index (χ3v) is 8.37. The van der Waals surface area contributed by atoms with Crippen molar-refractivity contribution < 1.29 is 19.4 Å². The van der Waals surface area contributed by atoms with Crippen molar-refractivity contribution >= 4 is 33.4 Å². The summed E-state index contributed by atoms with van der Waals surface area (Å²) in [4.78, 5) is 28.0. The average Bonchev–Trinajstić information content (AvgIpc) is 3.22. The Morgan fingerprint density at radius 3 is 1.77 bits per heavy atom. The third kappa shape index (κ3) is 9.22. The molecule has 1 saturated heterocycles. The van der Waals surface area contributed by atoms with Gasteiger partial charge in [0.2, 0.25) is 0 Å². The average molecular weight is 613 g/mol. The van der Waals surface area contributed by atoms with Crippen LogP contribution in [0.2, 0.25) is 0 Å². The zero-order valence-electron chi connectivity index (χ0n) is 24.3. The van der Waals surface area contributed by atoms with Crippen LogP contribution >= 0.6 is 15.9 Å². The van der Waals surface area contributed by atoms with Gasteiger partial charge in [-0.1, -0.05) is 131 Å². The number of hydrogen-bond acceptors (Lipinski definition) is 4. The van der Waals surface area contributed by atoms with E-state index in [1.54, 1.807) is 24.1 Å². The van der Waals surface area contributed by atoms with Gasteiger partial charge in [0.1, 0.15) is 11.5 Å². The van der Waals surface area contributed by atoms with Crippen molar-refractivity contribution in [3.8, 4) is 5.75 Å². The molecule has 1 unspecified atom stereocenters. The number of Topliss-reactive ketones (excluding diaryl/α,β-unsaturated/α-hetero) is 1. The highest BCUT2D eigenvalue weighted by molar-refractivity contribution is 9.10. The molecule has 1 heterocycles. The lowest BCUT2D eigenvalue weighted by Gasteiger charge is -2.25. The van der Waals surface area contributed by atoms with Crippen LogP contribution in [-0.4, -0.2) is 35.4 Å². The van der Waals surface area contributed by atoms with Crippen molar-refractivity contribution in [3.05, 3.63) is 69.7 Å². The highest BCUT2D eigenvalue weighted by Gasteiger charge is 2.45. The molecule has 2 aromatic rings. The van der Waals surface area contributed by atoms with Crippen LogP contribution in [0.4, 0.5) is 0 Å². The number of aliphatic hydroxyl groups excluding tert-OH is 1. The van der Waals surface area contributed by atoms with Gasteiger partial charge in [0.15, 0.2) is 0 Å². The standard InChI is InChI=1S/C34H46BrNO4/c1-3-4-5-6-7-8-9-10-11-12-13-14-15-16-25-36-31(26-19-23-29(40-2)24-20-26)30(33(38)34(36)39)32(37)27-17-21-28(35)22-18-27/h17-24,31,37H,3-16,25H2,1-2H3/b32-30+. The maximum atomic E-state index is 13.2. The molecule has 0 bridgehead atoms. The van der Waals surface area contributed by atoms with Gasteiger partial charge in [-0.2, -0.15) is 0 Å². The van der Waals surface area contributed by atoms with Crippen LogP contribution in [0, 0.1) is 0 Å². The molecule has 40 heavy (non-hydrogen) atoms. The maximum absolute atomic E-state index is 13.2. The fourth-order valence-electron chi connectivity index (χ4n) is 5.48. The van der Waals surface area contributed by atoms with E-state index in [-0.39, 0.29) is 11.3 Å². The van der Waals surface area contributed by atoms with Gasteiger partial charge in [0, 0.05) is 16.6 Å². The van der Waals surface area contributed by atoms with Crippen molar-refractivity contribution in [1.29, 1.82) is 0 Å². The Labute approximate surface area is 249 Å². The van der Waals surface area contributed by atoms with Crippen molar-refractivity contribution in [2.75, 3.05) is 13.7 Å². The minimum atomic E-state index is -0.633. The molecule has 1 amide bonds. The number of unbranched alkanes of at least 4 members (excludes halogenated alkanes) is 13. The van der Waals surface area contributed by atoms with E-state index >= 15 is 0 Å². The van der Waals surface area contributed by atoms with Gasteiger partial charge in [-0.15, -0.1) is 0 Å². The van der Waals surface area contributed by atoms with E-state index in [1.807, 2.05) is 36.4 Å². The molecule has 218 valence electrons. The Hall–Kier alpha value is -2.60. The number of amides is 1. The summed E-state index contributed by atoms with van der Waals surface area (Å²) in [6, 6.07) is 13.8. The van der Waals surface area contributed by atoms with Gasteiger partial charge in [-0.25, -0.2) is 0 Å². The van der Waals surface area contributed by atoms with Crippen LogP contribution in [0.1, 0.15) is 114 Å². The van der Waals surface area contributed by atoms with Gasteiger partial charge >= 0.3 is 0 Å². The molecular weight excluding hydrogens is 566 g/mol. The van der Waals surface area contributed by atoms with Crippen molar-refractivity contribution in [3.63, 3.8) is 0 Å². The number of nitrogens with zero attached hydrogens (tertiary/aromatic N) is 1. The summed E-state index contributed by atoms with van der Waals surface area (Å²) in [6.07, 6.45) is 17.6. The summed E-state index contributed by atoms with van der Waals surface area (Å²) in [5.74, 6) is -0.628. The summed E-state index contributed by atoms with van der Waals surface area (Å²) in [5, 5.41) is 11.2. The third-order valence-electron chi connectivity index (χ3n) is 7.84. The molecule has 1 atom stereocenters. The largest absolute Gasteiger partial charge is 0.507 e. The van der Waals surface area contributed by atoms with Crippen LogP contribution in [0.25, 0.3) is 5.76 Å². The number of halogens is 1. The molecule has 2 aromatic carbocycles. The number of rotatable bonds is 18. The predicted molar refractivity (Wildman–Crippen MR) is 166 cm³/mol. The minimum absolute atomic E-state index is 0.142. The second-order valence-electron chi connectivity index (χ2n) is 10.9. The second-order valence-corrected chi connectivity index (χ2v) is 11.8. The van der Waals surface area contributed by atoms with Crippen molar-refractivity contribution in [1.82, 2.24) is 4.90 Å². The van der Waals surface area contributed by atoms with Crippen LogP contribution in [-0.2, 0) is 9.59 Å². The molecule has 5 nitrogen and oxygen atoms in total. The molecule has 1 aliphatic heterocycles. The highest BCUT2D eigenvalue weighted by Crippen LogP contribution is 2.40. The van der Waals surface area contributed by atoms with E-state index in [9.17, 15) is 14.7 Å². The van der Waals surface area contributed by atoms with E-state index in [0.29, 0.717) is 17.9 Å². The number of hydrogen-bond donors (Lipinski definition) is 1. The van der Waals surface area contributed by atoms with Crippen molar-refractivity contribution in [2.24, 2.45) is 0 Å². The lowest BCUT2D eigenvalue weighted by molar-refractivity contribution is -0.139. The Kier molecular flexibility index (Phi) is 13.8. The fourth-order valence-corrected chi connectivity index (χ4v) is 5.75. The maximum Gasteiger partial charge on any atom is 0.295 e. The molecule has 0 spiro atoms. The lowest BCUT2D eigenvalue weighted by Crippen LogP contribution is -2.30. The molecule has 0 saturated carbocycles.